The maximum absolute atomic E-state index is 13.9. The molecule has 0 spiro atoms. The fraction of sp³-hybridized carbons (Fsp3) is 0.348. The summed E-state index contributed by atoms with van der Waals surface area (Å²) in [5.41, 5.74) is 0.600. The van der Waals surface area contributed by atoms with Gasteiger partial charge < -0.3 is 15.1 Å². The number of hydrogen-bond acceptors (Lipinski definition) is 3. The molecule has 1 fully saturated rings. The Morgan fingerprint density at radius 1 is 0.933 bits per heavy atom. The molecule has 0 saturated carbocycles. The second-order valence-electron chi connectivity index (χ2n) is 7.45. The van der Waals surface area contributed by atoms with Crippen molar-refractivity contribution in [2.45, 2.75) is 25.8 Å². The number of carbonyl (C=O) groups excluding carboxylic acids is 3. The molecule has 1 atom stereocenters. The third-order valence-corrected chi connectivity index (χ3v) is 5.13. The zero-order valence-electron chi connectivity index (χ0n) is 17.0. The summed E-state index contributed by atoms with van der Waals surface area (Å²) < 4.78 is 13.9. The van der Waals surface area contributed by atoms with Crippen LogP contribution in [0.1, 0.15) is 40.5 Å². The minimum Gasteiger partial charge on any atom is -0.349 e. The highest BCUT2D eigenvalue weighted by Gasteiger charge is 2.25. The second-order valence-corrected chi connectivity index (χ2v) is 7.45. The van der Waals surface area contributed by atoms with Crippen molar-refractivity contribution in [3.8, 4) is 0 Å². The zero-order chi connectivity index (χ0) is 21.5. The maximum atomic E-state index is 13.9. The highest BCUT2D eigenvalue weighted by atomic mass is 19.1. The summed E-state index contributed by atoms with van der Waals surface area (Å²) in [6.45, 7) is 3.53. The van der Waals surface area contributed by atoms with Crippen LogP contribution in [0.3, 0.4) is 0 Å². The van der Waals surface area contributed by atoms with E-state index < -0.39 is 5.82 Å². The number of amides is 3. The van der Waals surface area contributed by atoms with Gasteiger partial charge in [-0.1, -0.05) is 30.3 Å². The molecular weight excluding hydrogens is 385 g/mol. The number of nitrogens with one attached hydrogen (secondary N) is 1. The molecule has 1 heterocycles. The van der Waals surface area contributed by atoms with Crippen LogP contribution >= 0.6 is 0 Å². The van der Waals surface area contributed by atoms with Crippen molar-refractivity contribution in [2.24, 2.45) is 0 Å². The number of nitrogens with zero attached hydrogens (tertiary/aromatic N) is 2. The average Bonchev–Trinajstić information content (AvgIpc) is 3.00. The lowest BCUT2D eigenvalue weighted by atomic mass is 10.1. The van der Waals surface area contributed by atoms with Gasteiger partial charge in [0.15, 0.2) is 0 Å². The topological polar surface area (TPSA) is 69.7 Å². The Morgan fingerprint density at radius 3 is 2.30 bits per heavy atom. The van der Waals surface area contributed by atoms with E-state index in [1.165, 1.54) is 12.1 Å². The lowest BCUT2D eigenvalue weighted by molar-refractivity contribution is -0.131. The molecule has 2 aromatic rings. The Hall–Kier alpha value is -3.22. The first kappa shape index (κ1) is 21.5. The molecule has 0 bridgehead atoms. The Balaban J connectivity index is 1.52. The van der Waals surface area contributed by atoms with Crippen molar-refractivity contribution in [3.63, 3.8) is 0 Å². The third-order valence-electron chi connectivity index (χ3n) is 5.13. The molecule has 1 saturated heterocycles. The predicted octanol–water partition coefficient (Wildman–Crippen LogP) is 2.71. The first-order chi connectivity index (χ1) is 14.5. The number of hydrogen-bond donors (Lipinski definition) is 1. The highest BCUT2D eigenvalue weighted by molar-refractivity contribution is 5.95. The molecule has 1 aliphatic heterocycles. The monoisotopic (exact) mass is 411 g/mol. The third kappa shape index (κ3) is 5.43. The molecule has 1 N–H and O–H groups in total. The van der Waals surface area contributed by atoms with Gasteiger partial charge in [0.05, 0.1) is 5.56 Å². The Bertz CT molecular complexity index is 904. The van der Waals surface area contributed by atoms with Gasteiger partial charge in [0, 0.05) is 44.2 Å². The van der Waals surface area contributed by atoms with Crippen LogP contribution in [0.4, 0.5) is 4.39 Å². The number of benzene rings is 2. The van der Waals surface area contributed by atoms with Gasteiger partial charge in [-0.05, 0) is 37.6 Å². The van der Waals surface area contributed by atoms with Crippen LogP contribution in [0.5, 0.6) is 0 Å². The predicted molar refractivity (Wildman–Crippen MR) is 111 cm³/mol. The first-order valence-electron chi connectivity index (χ1n) is 10.1. The summed E-state index contributed by atoms with van der Waals surface area (Å²) in [5.74, 6) is -1.18. The minimum absolute atomic E-state index is 0.0505. The van der Waals surface area contributed by atoms with Gasteiger partial charge in [-0.25, -0.2) is 4.39 Å². The van der Waals surface area contributed by atoms with E-state index in [1.54, 1.807) is 53.1 Å². The van der Waals surface area contributed by atoms with E-state index in [4.69, 9.17) is 0 Å². The standard InChI is InChI=1S/C23H26FN3O3/c1-17(25-22(29)18-8-3-2-4-9-18)16-21(28)26-12-7-13-27(15-14-26)23(30)19-10-5-6-11-20(19)24/h2-6,8-11,17H,7,12-16H2,1H3,(H,25,29). The number of carbonyl (C=O) groups is 3. The van der Waals surface area contributed by atoms with E-state index in [1.807, 2.05) is 6.07 Å². The van der Waals surface area contributed by atoms with Crippen LogP contribution in [0, 0.1) is 5.82 Å². The van der Waals surface area contributed by atoms with Gasteiger partial charge in [-0.2, -0.15) is 0 Å². The van der Waals surface area contributed by atoms with E-state index in [0.717, 1.165) is 0 Å². The normalized spacial score (nSPS) is 15.3. The van der Waals surface area contributed by atoms with Gasteiger partial charge in [0.25, 0.3) is 11.8 Å². The molecule has 1 aliphatic rings. The van der Waals surface area contributed by atoms with E-state index >= 15 is 0 Å². The molecule has 0 aliphatic carbocycles. The van der Waals surface area contributed by atoms with Crippen molar-refractivity contribution in [3.05, 3.63) is 71.5 Å². The average molecular weight is 411 g/mol. The molecule has 0 aromatic heterocycles. The van der Waals surface area contributed by atoms with Crippen LogP contribution < -0.4 is 5.32 Å². The molecule has 3 rings (SSSR count). The van der Waals surface area contributed by atoms with Crippen LogP contribution in [-0.4, -0.2) is 59.7 Å². The summed E-state index contributed by atoms with van der Waals surface area (Å²) in [5, 5.41) is 2.84. The lowest BCUT2D eigenvalue weighted by Gasteiger charge is -2.24. The number of halogens is 1. The molecule has 0 radical (unpaired) electrons. The van der Waals surface area contributed by atoms with Gasteiger partial charge in [0.1, 0.15) is 5.82 Å². The minimum atomic E-state index is -0.539. The fourth-order valence-corrected chi connectivity index (χ4v) is 3.51. The molecule has 30 heavy (non-hydrogen) atoms. The molecule has 3 amide bonds. The Labute approximate surface area is 175 Å². The van der Waals surface area contributed by atoms with Crippen molar-refractivity contribution in [2.75, 3.05) is 26.2 Å². The van der Waals surface area contributed by atoms with Crippen molar-refractivity contribution >= 4 is 17.7 Å². The molecule has 158 valence electrons. The van der Waals surface area contributed by atoms with Gasteiger partial charge >= 0.3 is 0 Å². The second kappa shape index (κ2) is 10.0. The van der Waals surface area contributed by atoms with Crippen LogP contribution in [-0.2, 0) is 4.79 Å². The van der Waals surface area contributed by atoms with E-state index in [9.17, 15) is 18.8 Å². The number of rotatable bonds is 5. The van der Waals surface area contributed by atoms with E-state index in [0.29, 0.717) is 38.2 Å². The summed E-state index contributed by atoms with van der Waals surface area (Å²) in [7, 11) is 0. The highest BCUT2D eigenvalue weighted by Crippen LogP contribution is 2.13. The van der Waals surface area contributed by atoms with Crippen LogP contribution in [0.25, 0.3) is 0 Å². The quantitative estimate of drug-likeness (QED) is 0.823. The zero-order valence-corrected chi connectivity index (χ0v) is 17.0. The summed E-state index contributed by atoms with van der Waals surface area (Å²) in [4.78, 5) is 40.8. The van der Waals surface area contributed by atoms with Crippen molar-refractivity contribution < 1.29 is 18.8 Å². The fourth-order valence-electron chi connectivity index (χ4n) is 3.51. The Kier molecular flexibility index (Phi) is 7.17. The van der Waals surface area contributed by atoms with Crippen molar-refractivity contribution in [1.82, 2.24) is 15.1 Å². The van der Waals surface area contributed by atoms with E-state index in [2.05, 4.69) is 5.32 Å². The van der Waals surface area contributed by atoms with Gasteiger partial charge in [0.2, 0.25) is 5.91 Å². The molecule has 2 aromatic carbocycles. The van der Waals surface area contributed by atoms with Gasteiger partial charge in [-0.15, -0.1) is 0 Å². The SMILES string of the molecule is CC(CC(=O)N1CCCN(C(=O)c2ccccc2F)CC1)NC(=O)c1ccccc1. The Morgan fingerprint density at radius 2 is 1.57 bits per heavy atom. The molecule has 7 heteroatoms. The van der Waals surface area contributed by atoms with E-state index in [-0.39, 0.29) is 35.7 Å². The molecule has 1 unspecified atom stereocenters. The van der Waals surface area contributed by atoms with Crippen LogP contribution in [0.2, 0.25) is 0 Å². The molecule has 6 nitrogen and oxygen atoms in total. The lowest BCUT2D eigenvalue weighted by Crippen LogP contribution is -2.41. The largest absolute Gasteiger partial charge is 0.349 e. The molecular formula is C23H26FN3O3. The smallest absolute Gasteiger partial charge is 0.256 e. The summed E-state index contributed by atoms with van der Waals surface area (Å²) in [6, 6.07) is 14.5. The maximum Gasteiger partial charge on any atom is 0.256 e. The summed E-state index contributed by atoms with van der Waals surface area (Å²) in [6.07, 6.45) is 0.802. The van der Waals surface area contributed by atoms with Gasteiger partial charge in [-0.3, -0.25) is 14.4 Å². The first-order valence-corrected chi connectivity index (χ1v) is 10.1. The van der Waals surface area contributed by atoms with Crippen LogP contribution in [0.15, 0.2) is 54.6 Å². The van der Waals surface area contributed by atoms with Crippen molar-refractivity contribution in [1.29, 1.82) is 0 Å². The summed E-state index contributed by atoms with van der Waals surface area (Å²) >= 11 is 0.